The number of aliphatic hydroxyl groups is 1. The maximum absolute atomic E-state index is 13.8. The van der Waals surface area contributed by atoms with Crippen LogP contribution in [0.5, 0.6) is 0 Å². The largest absolute Gasteiger partial charge is 0.481 e. The number of fused-ring (bicyclic) bond motifs is 2. The Bertz CT molecular complexity index is 2260. The molecule has 1 aliphatic carbocycles. The average molecular weight is 756 g/mol. The molecule has 5 aromatic rings. The number of carbonyl (C=O) groups excluding carboxylic acids is 1. The summed E-state index contributed by atoms with van der Waals surface area (Å²) in [5, 5.41) is 28.3. The minimum atomic E-state index is -0.653. The molecule has 1 amide bonds. The third kappa shape index (κ3) is 7.94. The molecule has 2 aliphatic heterocycles. The average Bonchev–Trinajstić information content (AvgIpc) is 3.76. The van der Waals surface area contributed by atoms with Crippen LogP contribution >= 0.6 is 0 Å². The molecule has 11 nitrogen and oxygen atoms in total. The van der Waals surface area contributed by atoms with Gasteiger partial charge in [0.25, 0.3) is 5.91 Å². The van der Waals surface area contributed by atoms with Crippen molar-refractivity contribution in [3.8, 4) is 11.1 Å². The zero-order valence-corrected chi connectivity index (χ0v) is 32.7. The Hall–Kier alpha value is -5.10. The van der Waals surface area contributed by atoms with E-state index in [2.05, 4.69) is 69.8 Å². The number of pyridine rings is 1. The van der Waals surface area contributed by atoms with Crippen molar-refractivity contribution < 1.29 is 19.8 Å². The molecule has 2 aromatic heterocycles. The first-order chi connectivity index (χ1) is 27.1. The number of aromatic nitrogens is 3. The first-order valence-electron chi connectivity index (χ1n) is 20.2. The second kappa shape index (κ2) is 16.2. The molecule has 0 unspecified atom stereocenters. The number of hydrogen-bond acceptors (Lipinski definition) is 8. The van der Waals surface area contributed by atoms with Gasteiger partial charge in [0, 0.05) is 74.8 Å². The highest BCUT2D eigenvalue weighted by molar-refractivity contribution is 6.03. The summed E-state index contributed by atoms with van der Waals surface area (Å²) >= 11 is 0. The Morgan fingerprint density at radius 1 is 0.893 bits per heavy atom. The molecule has 3 aliphatic rings. The van der Waals surface area contributed by atoms with Crippen LogP contribution in [0.3, 0.4) is 0 Å². The quantitative estimate of drug-likeness (QED) is 0.108. The number of carboxylic acids is 1. The van der Waals surface area contributed by atoms with Gasteiger partial charge in [0.15, 0.2) is 5.82 Å². The molecule has 0 spiro atoms. The lowest BCUT2D eigenvalue weighted by Crippen LogP contribution is -2.33. The van der Waals surface area contributed by atoms with Crippen molar-refractivity contribution in [1.82, 2.24) is 24.3 Å². The van der Waals surface area contributed by atoms with Crippen LogP contribution < -0.4 is 10.6 Å². The molecule has 0 radical (unpaired) electrons. The van der Waals surface area contributed by atoms with Gasteiger partial charge in [0.05, 0.1) is 17.7 Å². The zero-order chi connectivity index (χ0) is 38.9. The van der Waals surface area contributed by atoms with Crippen LogP contribution in [0.2, 0.25) is 0 Å². The summed E-state index contributed by atoms with van der Waals surface area (Å²) in [6, 6.07) is 20.8. The second-order valence-corrected chi connectivity index (χ2v) is 16.2. The number of hydrogen-bond donors (Lipinski definition) is 4. The number of nitrogens with zero attached hydrogens (tertiary/aromatic N) is 5. The van der Waals surface area contributed by atoms with Crippen LogP contribution in [0.15, 0.2) is 66.9 Å². The summed E-state index contributed by atoms with van der Waals surface area (Å²) in [7, 11) is 1.94. The number of β-amino-alcohol motifs (C(OH)–C–C–N with tert-alkyl or cyclic N) is 1. The molecule has 8 rings (SSSR count). The summed E-state index contributed by atoms with van der Waals surface area (Å²) in [5.74, 6) is 0.739. The van der Waals surface area contributed by atoms with Gasteiger partial charge in [0.1, 0.15) is 5.82 Å². The van der Waals surface area contributed by atoms with Gasteiger partial charge in [-0.3, -0.25) is 19.4 Å². The predicted octanol–water partition coefficient (Wildman–Crippen LogP) is 7.45. The van der Waals surface area contributed by atoms with Crippen molar-refractivity contribution in [2.75, 3.05) is 36.8 Å². The van der Waals surface area contributed by atoms with Crippen LogP contribution in [0, 0.1) is 25.7 Å². The van der Waals surface area contributed by atoms with Gasteiger partial charge in [0.2, 0.25) is 0 Å². The van der Waals surface area contributed by atoms with Crippen molar-refractivity contribution in [1.29, 1.82) is 0 Å². The minimum absolute atomic E-state index is 0.178. The first-order valence-corrected chi connectivity index (χ1v) is 20.2. The van der Waals surface area contributed by atoms with Crippen molar-refractivity contribution in [2.24, 2.45) is 18.9 Å². The molecule has 292 valence electrons. The van der Waals surface area contributed by atoms with E-state index in [-0.39, 0.29) is 17.9 Å². The van der Waals surface area contributed by atoms with E-state index < -0.39 is 5.97 Å². The summed E-state index contributed by atoms with van der Waals surface area (Å²) in [4.78, 5) is 39.5. The molecule has 1 saturated carbocycles. The minimum Gasteiger partial charge on any atom is -0.481 e. The highest BCUT2D eigenvalue weighted by Gasteiger charge is 2.29. The number of benzene rings is 3. The fraction of sp³-hybridized carbons (Fsp3) is 0.422. The third-order valence-corrected chi connectivity index (χ3v) is 12.5. The van der Waals surface area contributed by atoms with E-state index in [0.29, 0.717) is 11.7 Å². The standard InChI is InChI=1S/C45H53N7O4/c1-28-35(6-4-8-38(28)47-42-37-15-12-31(24-33(37)16-20-46-42)25-52-22-18-34(53)26-52)36-7-5-9-39(29(36)2)49-44(54)43-48-40-27-51(23-19-41(40)50(43)3)21-17-30-10-13-32(14-11-30)45(55)56/h4-9,12,15-16,20,24,30,32,34,53H,10-11,13-14,17-19,21-23,25-27H2,1-3H3,(H,46,47)(H,49,54)(H,55,56)/t30?,32?,34-/m1/s1. The van der Waals surface area contributed by atoms with E-state index in [1.165, 1.54) is 5.56 Å². The van der Waals surface area contributed by atoms with Gasteiger partial charge >= 0.3 is 5.97 Å². The molecule has 56 heavy (non-hydrogen) atoms. The van der Waals surface area contributed by atoms with Crippen molar-refractivity contribution >= 4 is 39.8 Å². The number of aliphatic hydroxyl groups excluding tert-OH is 1. The van der Waals surface area contributed by atoms with E-state index in [1.54, 1.807) is 0 Å². The lowest BCUT2D eigenvalue weighted by molar-refractivity contribution is -0.143. The number of carboxylic acid groups (broad SMARTS) is 1. The molecule has 0 bridgehead atoms. The first kappa shape index (κ1) is 37.8. The summed E-state index contributed by atoms with van der Waals surface area (Å²) in [6.07, 6.45) is 7.91. The number of aliphatic carboxylic acids is 1. The zero-order valence-electron chi connectivity index (χ0n) is 32.7. The van der Waals surface area contributed by atoms with E-state index in [0.717, 1.165) is 146 Å². The molecule has 4 heterocycles. The Kier molecular flexibility index (Phi) is 10.9. The highest BCUT2D eigenvalue weighted by Crippen LogP contribution is 2.36. The van der Waals surface area contributed by atoms with Crippen molar-refractivity contribution in [2.45, 2.75) is 78.0 Å². The number of nitrogens with one attached hydrogen (secondary N) is 2. The summed E-state index contributed by atoms with van der Waals surface area (Å²) in [5.41, 5.74) is 9.18. The molecular weight excluding hydrogens is 703 g/mol. The van der Waals surface area contributed by atoms with Crippen molar-refractivity contribution in [3.63, 3.8) is 0 Å². The topological polar surface area (TPSA) is 136 Å². The van der Waals surface area contributed by atoms with Crippen LogP contribution in [0.25, 0.3) is 21.9 Å². The normalized spacial score (nSPS) is 20.2. The Morgan fingerprint density at radius 2 is 1.64 bits per heavy atom. The van der Waals surface area contributed by atoms with Crippen molar-refractivity contribution in [3.05, 3.63) is 101 Å². The van der Waals surface area contributed by atoms with E-state index in [1.807, 2.05) is 42.9 Å². The monoisotopic (exact) mass is 755 g/mol. The Labute approximate surface area is 328 Å². The molecule has 3 aromatic carbocycles. The molecular formula is C45H53N7O4. The molecule has 11 heteroatoms. The Balaban J connectivity index is 0.941. The fourth-order valence-corrected chi connectivity index (χ4v) is 9.11. The maximum Gasteiger partial charge on any atom is 0.306 e. The number of anilines is 3. The van der Waals surface area contributed by atoms with Gasteiger partial charge < -0.3 is 25.4 Å². The lowest BCUT2D eigenvalue weighted by Gasteiger charge is -2.30. The van der Waals surface area contributed by atoms with Gasteiger partial charge in [-0.2, -0.15) is 0 Å². The molecule has 2 fully saturated rings. The maximum atomic E-state index is 13.8. The summed E-state index contributed by atoms with van der Waals surface area (Å²) in [6.45, 7) is 9.23. The van der Waals surface area contributed by atoms with Crippen LogP contribution in [-0.4, -0.2) is 78.7 Å². The summed E-state index contributed by atoms with van der Waals surface area (Å²) < 4.78 is 1.95. The Morgan fingerprint density at radius 3 is 2.38 bits per heavy atom. The van der Waals surface area contributed by atoms with Gasteiger partial charge in [-0.25, -0.2) is 9.97 Å². The van der Waals surface area contributed by atoms with E-state index in [4.69, 9.17) is 9.97 Å². The predicted molar refractivity (Wildman–Crippen MR) is 220 cm³/mol. The lowest BCUT2D eigenvalue weighted by atomic mass is 9.80. The van der Waals surface area contributed by atoms with Crippen LogP contribution in [-0.2, 0) is 31.4 Å². The van der Waals surface area contributed by atoms with Crippen LogP contribution in [0.4, 0.5) is 17.2 Å². The van der Waals surface area contributed by atoms with E-state index >= 15 is 0 Å². The highest BCUT2D eigenvalue weighted by atomic mass is 16.4. The number of imidazole rings is 1. The van der Waals surface area contributed by atoms with Crippen LogP contribution in [0.1, 0.15) is 77.2 Å². The molecule has 1 atom stereocenters. The number of rotatable bonds is 11. The van der Waals surface area contributed by atoms with E-state index in [9.17, 15) is 19.8 Å². The smallest absolute Gasteiger partial charge is 0.306 e. The van der Waals surface area contributed by atoms with Gasteiger partial charge in [-0.15, -0.1) is 0 Å². The second-order valence-electron chi connectivity index (χ2n) is 16.2. The van der Waals surface area contributed by atoms with Gasteiger partial charge in [-0.05, 0) is 122 Å². The SMILES string of the molecule is Cc1c(NC(=O)c2nc3c(n2C)CCN(CCC2CCC(C(=O)O)CC2)C3)cccc1-c1cccc(Nc2nccc3cc(CN4CC[C@@H](O)C4)ccc23)c1C. The van der Waals surface area contributed by atoms with Gasteiger partial charge in [-0.1, -0.05) is 36.4 Å². The number of carbonyl (C=O) groups is 2. The fourth-order valence-electron chi connectivity index (χ4n) is 9.11. The molecule has 4 N–H and O–H groups in total. The number of amides is 1. The molecule has 1 saturated heterocycles. The number of likely N-dealkylation sites (tertiary alicyclic amines) is 1. The third-order valence-electron chi connectivity index (χ3n) is 12.5.